The van der Waals surface area contributed by atoms with Crippen molar-refractivity contribution in [1.29, 1.82) is 0 Å². The van der Waals surface area contributed by atoms with Crippen LogP contribution < -0.4 is 5.32 Å². The number of esters is 1. The molecule has 0 unspecified atom stereocenters. The van der Waals surface area contributed by atoms with E-state index in [1.54, 1.807) is 0 Å². The van der Waals surface area contributed by atoms with Crippen molar-refractivity contribution in [2.24, 2.45) is 0 Å². The third-order valence-electron chi connectivity index (χ3n) is 2.73. The molecule has 1 rings (SSSR count). The average Bonchev–Trinajstić information content (AvgIpc) is 2.77. The molecule has 0 aromatic carbocycles. The summed E-state index contributed by atoms with van der Waals surface area (Å²) in [6, 6.07) is 4.21. The minimum absolute atomic E-state index is 0.103. The Balaban J connectivity index is 2.14. The van der Waals surface area contributed by atoms with Crippen molar-refractivity contribution in [3.8, 4) is 0 Å². The second-order valence-corrected chi connectivity index (χ2v) is 4.28. The van der Waals surface area contributed by atoms with Gasteiger partial charge in [0, 0.05) is 31.4 Å². The van der Waals surface area contributed by atoms with E-state index in [-0.39, 0.29) is 5.97 Å². The molecule has 1 N–H and O–H groups in total. The summed E-state index contributed by atoms with van der Waals surface area (Å²) < 4.78 is 7.14. The van der Waals surface area contributed by atoms with Crippen molar-refractivity contribution in [3.05, 3.63) is 24.0 Å². The predicted octanol–water partition coefficient (Wildman–Crippen LogP) is 2.33. The summed E-state index contributed by atoms with van der Waals surface area (Å²) in [6.45, 7) is 7.24. The van der Waals surface area contributed by atoms with Crippen LogP contribution >= 0.6 is 0 Å². The molecule has 102 valence electrons. The number of rotatable bonds is 9. The van der Waals surface area contributed by atoms with Crippen molar-refractivity contribution >= 4 is 5.97 Å². The van der Waals surface area contributed by atoms with Gasteiger partial charge in [-0.05, 0) is 38.4 Å². The normalized spacial score (nSPS) is 10.6. The highest BCUT2D eigenvalue weighted by molar-refractivity contribution is 5.69. The summed E-state index contributed by atoms with van der Waals surface area (Å²) in [5.41, 5.74) is 1.30. The second kappa shape index (κ2) is 8.75. The van der Waals surface area contributed by atoms with Gasteiger partial charge < -0.3 is 14.6 Å². The van der Waals surface area contributed by atoms with Crippen LogP contribution in [0.4, 0.5) is 0 Å². The van der Waals surface area contributed by atoms with Gasteiger partial charge in [-0.2, -0.15) is 0 Å². The van der Waals surface area contributed by atoms with Gasteiger partial charge in [-0.15, -0.1) is 0 Å². The van der Waals surface area contributed by atoms with Crippen LogP contribution in [0.25, 0.3) is 0 Å². The molecule has 4 heteroatoms. The smallest absolute Gasteiger partial charge is 0.305 e. The Morgan fingerprint density at radius 3 is 3.00 bits per heavy atom. The Labute approximate surface area is 109 Å². The van der Waals surface area contributed by atoms with E-state index in [1.807, 2.05) is 6.92 Å². The lowest BCUT2D eigenvalue weighted by atomic mass is 10.3. The molecule has 1 heterocycles. The molecule has 0 atom stereocenters. The molecular weight excluding hydrogens is 228 g/mol. The topological polar surface area (TPSA) is 43.3 Å². The minimum Gasteiger partial charge on any atom is -0.466 e. The van der Waals surface area contributed by atoms with Gasteiger partial charge in [-0.25, -0.2) is 0 Å². The minimum atomic E-state index is -0.103. The maximum absolute atomic E-state index is 11.1. The van der Waals surface area contributed by atoms with E-state index in [4.69, 9.17) is 4.74 Å². The summed E-state index contributed by atoms with van der Waals surface area (Å²) in [5, 5.41) is 3.36. The lowest BCUT2D eigenvalue weighted by Gasteiger charge is -2.09. The van der Waals surface area contributed by atoms with Crippen molar-refractivity contribution < 1.29 is 9.53 Å². The second-order valence-electron chi connectivity index (χ2n) is 4.28. The Hall–Kier alpha value is -1.29. The maximum atomic E-state index is 11.1. The molecule has 0 amide bonds. The number of nitrogens with zero attached hydrogens (tertiary/aromatic N) is 1. The summed E-state index contributed by atoms with van der Waals surface area (Å²) in [7, 11) is 0. The fourth-order valence-electron chi connectivity index (χ4n) is 1.88. The predicted molar refractivity (Wildman–Crippen MR) is 72.3 cm³/mol. The Morgan fingerprint density at radius 2 is 2.28 bits per heavy atom. The average molecular weight is 252 g/mol. The molecule has 0 radical (unpaired) electrons. The van der Waals surface area contributed by atoms with Crippen molar-refractivity contribution in [2.75, 3.05) is 13.2 Å². The number of carbonyl (C=O) groups excluding carboxylic acids is 1. The lowest BCUT2D eigenvalue weighted by molar-refractivity contribution is -0.143. The SMILES string of the molecule is CCCn1cccc1CNCCCC(=O)OCC. The molecule has 0 fully saturated rings. The number of aryl methyl sites for hydroxylation is 1. The number of carbonyl (C=O) groups is 1. The van der Waals surface area contributed by atoms with Crippen LogP contribution in [0.3, 0.4) is 0 Å². The van der Waals surface area contributed by atoms with E-state index in [0.29, 0.717) is 13.0 Å². The third kappa shape index (κ3) is 5.36. The van der Waals surface area contributed by atoms with Crippen LogP contribution in [-0.4, -0.2) is 23.7 Å². The first-order valence-electron chi connectivity index (χ1n) is 6.78. The molecule has 0 aliphatic heterocycles. The molecule has 1 aromatic heterocycles. The molecular formula is C14H24N2O2. The highest BCUT2D eigenvalue weighted by Crippen LogP contribution is 2.03. The lowest BCUT2D eigenvalue weighted by Crippen LogP contribution is -2.18. The molecule has 0 spiro atoms. The van der Waals surface area contributed by atoms with Gasteiger partial charge in [-0.3, -0.25) is 4.79 Å². The molecule has 0 saturated carbocycles. The number of aromatic nitrogens is 1. The van der Waals surface area contributed by atoms with E-state index in [1.165, 1.54) is 5.69 Å². The number of hydrogen-bond donors (Lipinski definition) is 1. The zero-order chi connectivity index (χ0) is 13.2. The van der Waals surface area contributed by atoms with Crippen LogP contribution in [0.15, 0.2) is 18.3 Å². The monoisotopic (exact) mass is 252 g/mol. The largest absolute Gasteiger partial charge is 0.466 e. The van der Waals surface area contributed by atoms with Crippen molar-refractivity contribution in [1.82, 2.24) is 9.88 Å². The molecule has 1 aromatic rings. The van der Waals surface area contributed by atoms with Crippen LogP contribution in [0.5, 0.6) is 0 Å². The van der Waals surface area contributed by atoms with E-state index in [2.05, 4.69) is 35.1 Å². The van der Waals surface area contributed by atoms with Gasteiger partial charge in [0.1, 0.15) is 0 Å². The number of hydrogen-bond acceptors (Lipinski definition) is 3. The standard InChI is InChI=1S/C14H24N2O2/c1-3-10-16-11-6-7-13(16)12-15-9-5-8-14(17)18-4-2/h6-7,11,15H,3-5,8-10,12H2,1-2H3. The van der Waals surface area contributed by atoms with Gasteiger partial charge in [0.25, 0.3) is 0 Å². The van der Waals surface area contributed by atoms with E-state index >= 15 is 0 Å². The van der Waals surface area contributed by atoms with Gasteiger partial charge in [0.05, 0.1) is 6.61 Å². The summed E-state index contributed by atoms with van der Waals surface area (Å²) in [4.78, 5) is 11.1. The first-order valence-corrected chi connectivity index (χ1v) is 6.78. The fourth-order valence-corrected chi connectivity index (χ4v) is 1.88. The van der Waals surface area contributed by atoms with E-state index < -0.39 is 0 Å². The molecule has 0 saturated heterocycles. The van der Waals surface area contributed by atoms with Crippen LogP contribution in [0.2, 0.25) is 0 Å². The van der Waals surface area contributed by atoms with Crippen LogP contribution in [0.1, 0.15) is 38.8 Å². The zero-order valence-electron chi connectivity index (χ0n) is 11.4. The maximum Gasteiger partial charge on any atom is 0.305 e. The molecule has 0 aliphatic rings. The first-order chi connectivity index (χ1) is 8.77. The quantitative estimate of drug-likeness (QED) is 0.542. The molecule has 18 heavy (non-hydrogen) atoms. The van der Waals surface area contributed by atoms with E-state index in [9.17, 15) is 4.79 Å². The van der Waals surface area contributed by atoms with Gasteiger partial charge in [-0.1, -0.05) is 6.92 Å². The highest BCUT2D eigenvalue weighted by atomic mass is 16.5. The van der Waals surface area contributed by atoms with Gasteiger partial charge >= 0.3 is 5.97 Å². The first kappa shape index (κ1) is 14.8. The summed E-state index contributed by atoms with van der Waals surface area (Å²) in [5.74, 6) is -0.103. The number of nitrogens with one attached hydrogen (secondary N) is 1. The van der Waals surface area contributed by atoms with E-state index in [0.717, 1.165) is 32.5 Å². The number of ether oxygens (including phenoxy) is 1. The summed E-state index contributed by atoms with van der Waals surface area (Å²) >= 11 is 0. The van der Waals surface area contributed by atoms with Crippen LogP contribution in [0, 0.1) is 0 Å². The van der Waals surface area contributed by atoms with Crippen molar-refractivity contribution in [2.45, 2.75) is 46.2 Å². The highest BCUT2D eigenvalue weighted by Gasteiger charge is 2.02. The Bertz CT molecular complexity index is 347. The molecule has 0 aliphatic carbocycles. The Morgan fingerprint density at radius 1 is 1.44 bits per heavy atom. The van der Waals surface area contributed by atoms with Gasteiger partial charge in [0.15, 0.2) is 0 Å². The third-order valence-corrected chi connectivity index (χ3v) is 2.73. The summed E-state index contributed by atoms with van der Waals surface area (Å²) in [6.07, 6.45) is 4.58. The van der Waals surface area contributed by atoms with Gasteiger partial charge in [0.2, 0.25) is 0 Å². The van der Waals surface area contributed by atoms with Crippen molar-refractivity contribution in [3.63, 3.8) is 0 Å². The molecule has 4 nitrogen and oxygen atoms in total. The fraction of sp³-hybridized carbons (Fsp3) is 0.643. The zero-order valence-corrected chi connectivity index (χ0v) is 11.4. The van der Waals surface area contributed by atoms with Crippen LogP contribution in [-0.2, 0) is 22.6 Å². The Kier molecular flexibility index (Phi) is 7.18. The molecule has 0 bridgehead atoms.